The van der Waals surface area contributed by atoms with Gasteiger partial charge in [0.25, 0.3) is 12.3 Å². The van der Waals surface area contributed by atoms with E-state index in [1.54, 1.807) is 20.8 Å². The Balaban J connectivity index is 1.32. The highest BCUT2D eigenvalue weighted by molar-refractivity contribution is 5.96. The van der Waals surface area contributed by atoms with Crippen LogP contribution in [0.3, 0.4) is 0 Å². The molecule has 67 heavy (non-hydrogen) atoms. The van der Waals surface area contributed by atoms with E-state index in [9.17, 15) is 23.2 Å². The smallest absolute Gasteiger partial charge is 0.408 e. The van der Waals surface area contributed by atoms with E-state index < -0.39 is 42.1 Å². The second kappa shape index (κ2) is 20.6. The summed E-state index contributed by atoms with van der Waals surface area (Å²) in [6.07, 6.45) is 0.963. The Morgan fingerprint density at radius 1 is 0.985 bits per heavy atom. The molecule has 0 radical (unpaired) electrons. The van der Waals surface area contributed by atoms with E-state index in [2.05, 4.69) is 84.9 Å². The third-order valence-electron chi connectivity index (χ3n) is 13.6. The van der Waals surface area contributed by atoms with Crippen LogP contribution in [0.15, 0.2) is 48.7 Å². The molecule has 2 N–H and O–H groups in total. The molecule has 0 aliphatic carbocycles. The van der Waals surface area contributed by atoms with Crippen LogP contribution in [0.4, 0.5) is 19.3 Å². The number of carbonyl (C=O) groups excluding carboxylic acids is 3. The van der Waals surface area contributed by atoms with Crippen molar-refractivity contribution in [3.8, 4) is 22.4 Å². The maximum absolute atomic E-state index is 14.9. The number of carbonyl (C=O) groups is 3. The molecule has 0 bridgehead atoms. The summed E-state index contributed by atoms with van der Waals surface area (Å²) in [5.41, 5.74) is 10.1. The molecule has 2 amide bonds. The number of hydrogen-bond acceptors (Lipinski definition) is 10. The number of fused-ring (bicyclic) bond motifs is 2. The summed E-state index contributed by atoms with van der Waals surface area (Å²) in [6, 6.07) is 11.6. The number of morpholine rings is 1. The van der Waals surface area contributed by atoms with E-state index in [-0.39, 0.29) is 29.9 Å². The molecule has 13 nitrogen and oxygen atoms in total. The van der Waals surface area contributed by atoms with Gasteiger partial charge in [-0.2, -0.15) is 0 Å². The number of hydrogen-bond donors (Lipinski definition) is 2. The number of aryl methyl sites for hydroxylation is 1. The lowest BCUT2D eigenvalue weighted by atomic mass is 9.81. The Hall–Kier alpha value is -5.12. The van der Waals surface area contributed by atoms with Crippen LogP contribution in [0.5, 0.6) is 0 Å². The molecule has 2 aromatic carbocycles. The number of hydrazine groups is 1. The number of esters is 1. The predicted molar refractivity (Wildman–Crippen MR) is 258 cm³/mol. The summed E-state index contributed by atoms with van der Waals surface area (Å²) in [5.74, 6) is -0.904. The summed E-state index contributed by atoms with van der Waals surface area (Å²) < 4.78 is 48.6. The third-order valence-corrected chi connectivity index (χ3v) is 13.6. The monoisotopic (exact) mass is 928 g/mol. The third kappa shape index (κ3) is 11.4. The highest BCUT2D eigenvalue weighted by Gasteiger charge is 2.35. The Kier molecular flexibility index (Phi) is 15.3. The van der Waals surface area contributed by atoms with Gasteiger partial charge < -0.3 is 29.0 Å². The number of aromatic nitrogens is 2. The molecule has 2 aromatic heterocycles. The van der Waals surface area contributed by atoms with Gasteiger partial charge in [-0.1, -0.05) is 59.2 Å². The first-order valence-corrected chi connectivity index (χ1v) is 24.1. The van der Waals surface area contributed by atoms with Gasteiger partial charge in [-0.3, -0.25) is 24.5 Å². The van der Waals surface area contributed by atoms with Crippen LogP contribution in [-0.2, 0) is 43.2 Å². The number of alkyl halides is 2. The number of piperazine rings is 1. The van der Waals surface area contributed by atoms with Crippen LogP contribution in [0.1, 0.15) is 116 Å². The van der Waals surface area contributed by atoms with Crippen molar-refractivity contribution in [2.75, 3.05) is 57.9 Å². The number of benzene rings is 2. The molecular weight excluding hydrogens is 857 g/mol. The highest BCUT2D eigenvalue weighted by Crippen LogP contribution is 2.44. The minimum Gasteiger partial charge on any atom is -0.468 e. The standard InChI is InChI=1S/C52H71F2N7O6/c1-11-52(8,9)28-41-39-26-34(15-16-44(39)60(12-2)46(41)40-27-37(29-55-45(40)32(3)4)59-19-18-58-20-21-66-31-38(58)30-59)35-22-33(23-36(25-35)47(53)54)24-43(56-50(64)67-51(5,6)7)48(62)61-17-13-14-42(57-61)49(63)65-10/h15-16,22-23,25-27,29,32,38,42-43,47,57H,11-14,17-21,24,28,30-31H2,1-10H3,(H,56,64)/t38-,42-,43-/m0/s1. The molecular formula is C52H71F2N7O6. The highest BCUT2D eigenvalue weighted by atomic mass is 19.3. The van der Waals surface area contributed by atoms with Crippen LogP contribution in [0, 0.1) is 5.41 Å². The lowest BCUT2D eigenvalue weighted by Crippen LogP contribution is -2.60. The first kappa shape index (κ1) is 49.8. The fourth-order valence-electron chi connectivity index (χ4n) is 9.75. The average Bonchev–Trinajstić information content (AvgIpc) is 3.60. The van der Waals surface area contributed by atoms with Crippen LogP contribution < -0.4 is 15.6 Å². The van der Waals surface area contributed by atoms with Crippen molar-refractivity contribution < 1.29 is 37.4 Å². The first-order chi connectivity index (χ1) is 31.8. The van der Waals surface area contributed by atoms with Crippen LogP contribution in [-0.4, -0.2) is 114 Å². The van der Waals surface area contributed by atoms with Gasteiger partial charge in [0.2, 0.25) is 0 Å². The molecule has 0 spiro atoms. The van der Waals surface area contributed by atoms with Gasteiger partial charge in [0, 0.05) is 67.7 Å². The fraction of sp³-hybridized carbons (Fsp3) is 0.577. The number of alkyl carbamates (subject to hydrolysis) is 1. The number of nitrogens with zero attached hydrogens (tertiary/aromatic N) is 5. The van der Waals surface area contributed by atoms with E-state index in [0.717, 1.165) is 91.3 Å². The van der Waals surface area contributed by atoms with Gasteiger partial charge in [0.1, 0.15) is 17.7 Å². The number of ether oxygens (including phenoxy) is 3. The van der Waals surface area contributed by atoms with Gasteiger partial charge in [-0.05, 0) is 105 Å². The zero-order valence-corrected chi connectivity index (χ0v) is 41.1. The maximum Gasteiger partial charge on any atom is 0.408 e. The van der Waals surface area contributed by atoms with Crippen molar-refractivity contribution in [3.63, 3.8) is 0 Å². The Morgan fingerprint density at radius 3 is 2.45 bits per heavy atom. The second-order valence-corrected chi connectivity index (χ2v) is 20.5. The van der Waals surface area contributed by atoms with E-state index in [1.165, 1.54) is 29.8 Å². The average molecular weight is 928 g/mol. The number of methoxy groups -OCH3 is 1. The van der Waals surface area contributed by atoms with Gasteiger partial charge in [-0.25, -0.2) is 19.0 Å². The van der Waals surface area contributed by atoms with Gasteiger partial charge in [0.05, 0.1) is 49.6 Å². The van der Waals surface area contributed by atoms with Crippen molar-refractivity contribution in [1.29, 1.82) is 0 Å². The Bertz CT molecular complexity index is 2430. The second-order valence-electron chi connectivity index (χ2n) is 20.5. The molecule has 3 atom stereocenters. The lowest BCUT2D eigenvalue weighted by molar-refractivity contribution is -0.150. The van der Waals surface area contributed by atoms with Crippen molar-refractivity contribution >= 4 is 34.6 Å². The molecule has 5 heterocycles. The molecule has 0 unspecified atom stereocenters. The summed E-state index contributed by atoms with van der Waals surface area (Å²) >= 11 is 0. The number of rotatable bonds is 14. The summed E-state index contributed by atoms with van der Waals surface area (Å²) in [7, 11) is 1.28. The maximum atomic E-state index is 14.9. The van der Waals surface area contributed by atoms with E-state index in [1.807, 2.05) is 18.3 Å². The molecule has 364 valence electrons. The predicted octanol–water partition coefficient (Wildman–Crippen LogP) is 9.06. The minimum absolute atomic E-state index is 0.0660. The van der Waals surface area contributed by atoms with E-state index >= 15 is 0 Å². The Morgan fingerprint density at radius 2 is 1.76 bits per heavy atom. The Labute approximate surface area is 394 Å². The fourth-order valence-corrected chi connectivity index (χ4v) is 9.75. The topological polar surface area (TPSA) is 130 Å². The first-order valence-electron chi connectivity index (χ1n) is 24.1. The number of pyridine rings is 1. The summed E-state index contributed by atoms with van der Waals surface area (Å²) in [5, 5.41) is 5.06. The number of halogens is 2. The minimum atomic E-state index is -2.81. The zero-order valence-electron chi connectivity index (χ0n) is 41.1. The summed E-state index contributed by atoms with van der Waals surface area (Å²) in [4.78, 5) is 50.1. The SMILES string of the molecule is CCn1c(-c2cc(N3CCN4CCOC[C@@H]4C3)cnc2C(C)C)c(CC(C)(C)CC)c2cc(-c3cc(C[C@H](NC(=O)OC(C)(C)C)C(=O)N4CCC[C@@H](C(=O)OC)N4)cc(C(F)F)c3)ccc21. The van der Waals surface area contributed by atoms with Crippen molar-refractivity contribution in [2.45, 2.75) is 137 Å². The van der Waals surface area contributed by atoms with Crippen molar-refractivity contribution in [3.05, 3.63) is 71.0 Å². The lowest BCUT2D eigenvalue weighted by Gasteiger charge is -2.44. The molecule has 3 saturated heterocycles. The normalized spacial score (nSPS) is 18.9. The number of amides is 2. The zero-order chi connectivity index (χ0) is 48.4. The van der Waals surface area contributed by atoms with Crippen LogP contribution >= 0.6 is 0 Å². The van der Waals surface area contributed by atoms with Crippen LogP contribution in [0.2, 0.25) is 0 Å². The quantitative estimate of drug-likeness (QED) is 0.118. The van der Waals surface area contributed by atoms with Gasteiger partial charge in [0.15, 0.2) is 0 Å². The molecule has 4 aromatic rings. The number of nitrogens with one attached hydrogen (secondary N) is 2. The van der Waals surface area contributed by atoms with Crippen LogP contribution in [0.25, 0.3) is 33.3 Å². The number of anilines is 1. The van der Waals surface area contributed by atoms with Crippen molar-refractivity contribution in [1.82, 2.24) is 30.2 Å². The van der Waals surface area contributed by atoms with Gasteiger partial charge >= 0.3 is 12.1 Å². The molecule has 7 rings (SSSR count). The van der Waals surface area contributed by atoms with E-state index in [4.69, 9.17) is 19.2 Å². The molecule has 3 aliphatic rings. The molecule has 0 saturated carbocycles. The largest absolute Gasteiger partial charge is 0.468 e. The van der Waals surface area contributed by atoms with E-state index in [0.29, 0.717) is 36.6 Å². The molecule has 3 fully saturated rings. The van der Waals surface area contributed by atoms with Gasteiger partial charge in [-0.15, -0.1) is 0 Å². The molecule has 15 heteroatoms. The molecule has 3 aliphatic heterocycles. The van der Waals surface area contributed by atoms with Crippen molar-refractivity contribution in [2.24, 2.45) is 5.41 Å². The summed E-state index contributed by atoms with van der Waals surface area (Å²) in [6.45, 7) is 24.6.